The number of likely N-dealkylation sites (tertiary alicyclic amines) is 1. The van der Waals surface area contributed by atoms with E-state index in [1.54, 1.807) is 11.8 Å². The van der Waals surface area contributed by atoms with Gasteiger partial charge in [-0.15, -0.1) is 10.2 Å². The van der Waals surface area contributed by atoms with E-state index >= 15 is 0 Å². The van der Waals surface area contributed by atoms with Gasteiger partial charge < -0.3 is 14.5 Å². The average molecular weight is 450 g/mol. The van der Waals surface area contributed by atoms with Crippen LogP contribution in [0.2, 0.25) is 0 Å². The quantitative estimate of drug-likeness (QED) is 0.398. The van der Waals surface area contributed by atoms with E-state index in [1.165, 1.54) is 12.1 Å². The molecule has 0 spiro atoms. The van der Waals surface area contributed by atoms with Gasteiger partial charge in [0.25, 0.3) is 0 Å². The highest BCUT2D eigenvalue weighted by atomic mass is 32.2. The minimum absolute atomic E-state index is 0.206. The summed E-state index contributed by atoms with van der Waals surface area (Å²) in [5, 5.41) is 9.45. The maximum Gasteiger partial charge on any atom is 0.416 e. The van der Waals surface area contributed by atoms with Gasteiger partial charge in [0.2, 0.25) is 0 Å². The number of hydrogen-bond acceptors (Lipinski definition) is 4. The molecule has 9 heteroatoms. The predicted molar refractivity (Wildman–Crippen MR) is 116 cm³/mol. The van der Waals surface area contributed by atoms with Gasteiger partial charge in [0.05, 0.1) is 11.3 Å². The molecule has 1 N–H and O–H groups in total. The lowest BCUT2D eigenvalue weighted by Gasteiger charge is -2.32. The van der Waals surface area contributed by atoms with Crippen LogP contribution in [0.15, 0.2) is 47.8 Å². The fourth-order valence-corrected chi connectivity index (χ4v) is 4.89. The number of rotatable bonds is 7. The minimum atomic E-state index is -4.28. The third kappa shape index (κ3) is 5.33. The zero-order valence-corrected chi connectivity index (χ0v) is 18.2. The molecular formula is C22H26F3N5S. The Hall–Kier alpha value is -2.26. The molecule has 0 radical (unpaired) electrons. The molecule has 1 saturated heterocycles. The number of nitrogens with one attached hydrogen (secondary N) is 1. The van der Waals surface area contributed by atoms with Crippen molar-refractivity contribution in [2.45, 2.75) is 36.5 Å². The van der Waals surface area contributed by atoms with Gasteiger partial charge in [-0.3, -0.25) is 0 Å². The van der Waals surface area contributed by atoms with E-state index in [0.717, 1.165) is 73.0 Å². The molecule has 3 aromatic rings. The van der Waals surface area contributed by atoms with Gasteiger partial charge in [0.15, 0.2) is 11.0 Å². The van der Waals surface area contributed by atoms with Crippen molar-refractivity contribution in [1.29, 1.82) is 0 Å². The molecule has 0 amide bonds. The van der Waals surface area contributed by atoms with Crippen molar-refractivity contribution in [1.82, 2.24) is 24.6 Å². The molecule has 0 saturated carbocycles. The SMILES string of the molecule is Cn1c(SCCCN2CCC(c3cccc(C(F)(F)F)c3)CC2)nnc1-c1ccc[nH]1. The lowest BCUT2D eigenvalue weighted by molar-refractivity contribution is -0.137. The van der Waals surface area contributed by atoms with Gasteiger partial charge in [-0.2, -0.15) is 13.2 Å². The molecule has 1 aliphatic heterocycles. The van der Waals surface area contributed by atoms with Crippen LogP contribution >= 0.6 is 11.8 Å². The third-order valence-corrected chi connectivity index (χ3v) is 6.90. The Balaban J connectivity index is 1.21. The van der Waals surface area contributed by atoms with Crippen LogP contribution in [0.1, 0.15) is 36.3 Å². The van der Waals surface area contributed by atoms with Gasteiger partial charge in [-0.1, -0.05) is 30.0 Å². The van der Waals surface area contributed by atoms with Crippen molar-refractivity contribution in [2.24, 2.45) is 7.05 Å². The number of hydrogen-bond donors (Lipinski definition) is 1. The molecule has 1 aliphatic rings. The van der Waals surface area contributed by atoms with Crippen molar-refractivity contribution < 1.29 is 13.2 Å². The summed E-state index contributed by atoms with van der Waals surface area (Å²) in [7, 11) is 1.97. The summed E-state index contributed by atoms with van der Waals surface area (Å²) in [4.78, 5) is 5.56. The zero-order chi connectivity index (χ0) is 21.8. The van der Waals surface area contributed by atoms with Gasteiger partial charge >= 0.3 is 6.18 Å². The summed E-state index contributed by atoms with van der Waals surface area (Å²) >= 11 is 1.70. The first-order valence-electron chi connectivity index (χ1n) is 10.5. The van der Waals surface area contributed by atoms with E-state index in [4.69, 9.17) is 0 Å². The maximum atomic E-state index is 13.0. The number of H-pyrrole nitrogens is 1. The van der Waals surface area contributed by atoms with E-state index in [1.807, 2.05) is 36.0 Å². The Morgan fingerprint density at radius 3 is 2.65 bits per heavy atom. The topological polar surface area (TPSA) is 49.7 Å². The molecule has 31 heavy (non-hydrogen) atoms. The van der Waals surface area contributed by atoms with Crippen LogP contribution in [-0.2, 0) is 13.2 Å². The minimum Gasteiger partial charge on any atom is -0.359 e. The van der Waals surface area contributed by atoms with Crippen molar-refractivity contribution in [3.05, 3.63) is 53.7 Å². The summed E-state index contributed by atoms with van der Waals surface area (Å²) in [5.41, 5.74) is 1.21. The van der Waals surface area contributed by atoms with E-state index in [9.17, 15) is 13.2 Å². The average Bonchev–Trinajstić information content (AvgIpc) is 3.41. The number of piperidine rings is 1. The van der Waals surface area contributed by atoms with Crippen LogP contribution in [0.4, 0.5) is 13.2 Å². The number of thioether (sulfide) groups is 1. The molecule has 2 aromatic heterocycles. The van der Waals surface area contributed by atoms with Crippen molar-refractivity contribution in [2.75, 3.05) is 25.4 Å². The molecule has 4 rings (SSSR count). The zero-order valence-electron chi connectivity index (χ0n) is 17.4. The lowest BCUT2D eigenvalue weighted by atomic mass is 9.88. The second-order valence-corrected chi connectivity index (χ2v) is 8.95. The first-order chi connectivity index (χ1) is 14.9. The van der Waals surface area contributed by atoms with E-state index < -0.39 is 11.7 Å². The maximum absolute atomic E-state index is 13.0. The Morgan fingerprint density at radius 1 is 1.13 bits per heavy atom. The lowest BCUT2D eigenvalue weighted by Crippen LogP contribution is -2.34. The summed E-state index contributed by atoms with van der Waals surface area (Å²) in [5.74, 6) is 1.98. The van der Waals surface area contributed by atoms with Crippen LogP contribution in [0.5, 0.6) is 0 Å². The Labute approximate surface area is 184 Å². The standard InChI is InChI=1S/C22H26F3N5S/c1-29-20(19-7-3-10-26-19)27-28-21(29)31-14-4-11-30-12-8-16(9-13-30)17-5-2-6-18(15-17)22(23,24)25/h2-3,5-7,10,15-16,26H,4,8-9,11-14H2,1H3. The normalized spacial score (nSPS) is 16.1. The second-order valence-electron chi connectivity index (χ2n) is 7.89. The molecule has 166 valence electrons. The van der Waals surface area contributed by atoms with Crippen LogP contribution in [0.25, 0.3) is 11.5 Å². The molecule has 5 nitrogen and oxygen atoms in total. The van der Waals surface area contributed by atoms with Crippen molar-refractivity contribution in [3.8, 4) is 11.5 Å². The fourth-order valence-electron chi connectivity index (χ4n) is 4.06. The van der Waals surface area contributed by atoms with E-state index in [-0.39, 0.29) is 5.92 Å². The van der Waals surface area contributed by atoms with Crippen molar-refractivity contribution in [3.63, 3.8) is 0 Å². The summed E-state index contributed by atoms with van der Waals surface area (Å²) in [6.07, 6.45) is 0.421. The summed E-state index contributed by atoms with van der Waals surface area (Å²) in [6, 6.07) is 9.73. The van der Waals surface area contributed by atoms with Crippen LogP contribution in [0.3, 0.4) is 0 Å². The highest BCUT2D eigenvalue weighted by Crippen LogP contribution is 2.34. The molecule has 0 unspecified atom stereocenters. The molecular weight excluding hydrogens is 423 g/mol. The first kappa shape index (κ1) is 22.0. The molecule has 3 heterocycles. The van der Waals surface area contributed by atoms with Gasteiger partial charge in [-0.05, 0) is 68.6 Å². The van der Waals surface area contributed by atoms with E-state index in [0.29, 0.717) is 0 Å². The molecule has 0 atom stereocenters. The second kappa shape index (κ2) is 9.48. The fraction of sp³-hybridized carbons (Fsp3) is 0.455. The highest BCUT2D eigenvalue weighted by molar-refractivity contribution is 7.99. The Kier molecular flexibility index (Phi) is 6.71. The monoisotopic (exact) mass is 449 g/mol. The summed E-state index contributed by atoms with van der Waals surface area (Å²) in [6.45, 7) is 2.84. The van der Waals surface area contributed by atoms with Crippen molar-refractivity contribution >= 4 is 11.8 Å². The predicted octanol–water partition coefficient (Wildman–Crippen LogP) is 5.19. The number of halogens is 3. The number of benzene rings is 1. The Morgan fingerprint density at radius 2 is 1.94 bits per heavy atom. The van der Waals surface area contributed by atoms with Gasteiger partial charge in [0.1, 0.15) is 0 Å². The Bertz CT molecular complexity index is 975. The van der Waals surface area contributed by atoms with Crippen LogP contribution in [0, 0.1) is 0 Å². The van der Waals surface area contributed by atoms with Gasteiger partial charge in [-0.25, -0.2) is 0 Å². The largest absolute Gasteiger partial charge is 0.416 e. The molecule has 0 bridgehead atoms. The van der Waals surface area contributed by atoms with E-state index in [2.05, 4.69) is 20.1 Å². The number of alkyl halides is 3. The molecule has 1 aromatic carbocycles. The first-order valence-corrected chi connectivity index (χ1v) is 11.5. The number of aromatic nitrogens is 4. The molecule has 1 fully saturated rings. The number of nitrogens with zero attached hydrogens (tertiary/aromatic N) is 4. The third-order valence-electron chi connectivity index (χ3n) is 5.80. The van der Waals surface area contributed by atoms with Crippen LogP contribution < -0.4 is 0 Å². The summed E-state index contributed by atoms with van der Waals surface area (Å²) < 4.78 is 40.9. The van der Waals surface area contributed by atoms with Crippen LogP contribution in [-0.4, -0.2) is 50.0 Å². The number of aromatic amines is 1. The smallest absolute Gasteiger partial charge is 0.359 e. The molecule has 0 aliphatic carbocycles. The van der Waals surface area contributed by atoms with Gasteiger partial charge in [0, 0.05) is 19.0 Å². The highest BCUT2D eigenvalue weighted by Gasteiger charge is 2.31.